The van der Waals surface area contributed by atoms with Crippen molar-refractivity contribution in [2.24, 2.45) is 5.41 Å². The summed E-state index contributed by atoms with van der Waals surface area (Å²) >= 11 is 0. The quantitative estimate of drug-likeness (QED) is 0.798. The van der Waals surface area contributed by atoms with Crippen LogP contribution in [0.3, 0.4) is 0 Å². The fourth-order valence-corrected chi connectivity index (χ4v) is 3.72. The van der Waals surface area contributed by atoms with Gasteiger partial charge >= 0.3 is 6.18 Å². The van der Waals surface area contributed by atoms with Crippen molar-refractivity contribution >= 4 is 17.3 Å². The molecule has 0 spiro atoms. The standard InChI is InChI=1S/C22H26F3N3O/c1-16-13-18(27(2)3)9-10-19(16)26-20(29)21(22(23,24)25)11-12-28(15-21)14-17-7-5-4-6-8-17/h4-10,13H,11-12,14-15H2,1-3H3,(H,26,29). The number of alkyl halides is 3. The zero-order chi connectivity index (χ0) is 21.2. The molecule has 1 unspecified atom stereocenters. The average Bonchev–Trinajstić information content (AvgIpc) is 3.09. The molecule has 7 heteroatoms. The van der Waals surface area contributed by atoms with Gasteiger partial charge in [-0.1, -0.05) is 30.3 Å². The van der Waals surface area contributed by atoms with Crippen LogP contribution >= 0.6 is 0 Å². The lowest BCUT2D eigenvalue weighted by atomic mass is 9.85. The highest BCUT2D eigenvalue weighted by atomic mass is 19.4. The summed E-state index contributed by atoms with van der Waals surface area (Å²) in [6, 6.07) is 14.6. The van der Waals surface area contributed by atoms with Crippen LogP contribution in [0.5, 0.6) is 0 Å². The number of halogens is 3. The minimum Gasteiger partial charge on any atom is -0.378 e. The van der Waals surface area contributed by atoms with Gasteiger partial charge in [-0.15, -0.1) is 0 Å². The molecule has 2 aromatic carbocycles. The maximum Gasteiger partial charge on any atom is 0.404 e. The summed E-state index contributed by atoms with van der Waals surface area (Å²) in [4.78, 5) is 16.5. The van der Waals surface area contributed by atoms with Gasteiger partial charge in [0.05, 0.1) is 0 Å². The fourth-order valence-electron chi connectivity index (χ4n) is 3.72. The first-order valence-electron chi connectivity index (χ1n) is 9.55. The Morgan fingerprint density at radius 2 is 1.86 bits per heavy atom. The molecule has 1 amide bonds. The van der Waals surface area contributed by atoms with E-state index in [4.69, 9.17) is 0 Å². The number of rotatable bonds is 5. The summed E-state index contributed by atoms with van der Waals surface area (Å²) in [5.74, 6) is -0.985. The van der Waals surface area contributed by atoms with E-state index in [0.717, 1.165) is 16.8 Å². The Labute approximate surface area is 169 Å². The third-order valence-corrected chi connectivity index (χ3v) is 5.55. The van der Waals surface area contributed by atoms with Gasteiger partial charge in [-0.05, 0) is 49.2 Å². The molecule has 0 radical (unpaired) electrons. The Morgan fingerprint density at radius 1 is 1.17 bits per heavy atom. The van der Waals surface area contributed by atoms with Crippen LogP contribution in [-0.2, 0) is 11.3 Å². The normalized spacial score (nSPS) is 19.9. The number of anilines is 2. The minimum absolute atomic E-state index is 0.223. The van der Waals surface area contributed by atoms with Crippen LogP contribution < -0.4 is 10.2 Å². The molecular formula is C22H26F3N3O. The van der Waals surface area contributed by atoms with Gasteiger partial charge in [0, 0.05) is 38.6 Å². The Balaban J connectivity index is 1.80. The van der Waals surface area contributed by atoms with Crippen molar-refractivity contribution in [2.45, 2.75) is 26.1 Å². The molecule has 1 saturated heterocycles. The molecule has 3 rings (SSSR count). The predicted molar refractivity (Wildman–Crippen MR) is 109 cm³/mol. The first kappa shape index (κ1) is 21.2. The molecule has 1 aliphatic heterocycles. The number of nitrogens with one attached hydrogen (secondary N) is 1. The topological polar surface area (TPSA) is 35.6 Å². The van der Waals surface area contributed by atoms with Crippen LogP contribution in [0.4, 0.5) is 24.5 Å². The molecule has 1 N–H and O–H groups in total. The monoisotopic (exact) mass is 405 g/mol. The van der Waals surface area contributed by atoms with E-state index >= 15 is 0 Å². The molecule has 1 heterocycles. The Bertz CT molecular complexity index is 867. The average molecular weight is 405 g/mol. The second-order valence-electron chi connectivity index (χ2n) is 7.87. The van der Waals surface area contributed by atoms with E-state index < -0.39 is 17.5 Å². The van der Waals surface area contributed by atoms with Crippen molar-refractivity contribution in [2.75, 3.05) is 37.4 Å². The number of benzene rings is 2. The molecule has 1 atom stereocenters. The number of hydrogen-bond donors (Lipinski definition) is 1. The molecular weight excluding hydrogens is 379 g/mol. The van der Waals surface area contributed by atoms with Gasteiger partial charge in [-0.2, -0.15) is 13.2 Å². The molecule has 4 nitrogen and oxygen atoms in total. The van der Waals surface area contributed by atoms with Gasteiger partial charge in [-0.3, -0.25) is 9.69 Å². The molecule has 0 saturated carbocycles. The van der Waals surface area contributed by atoms with Crippen molar-refractivity contribution in [1.29, 1.82) is 0 Å². The van der Waals surface area contributed by atoms with Gasteiger partial charge < -0.3 is 10.2 Å². The second-order valence-corrected chi connectivity index (χ2v) is 7.87. The SMILES string of the molecule is Cc1cc(N(C)C)ccc1NC(=O)C1(C(F)(F)F)CCN(Cc2ccccc2)C1. The Hall–Kier alpha value is -2.54. The third-order valence-electron chi connectivity index (χ3n) is 5.55. The van der Waals surface area contributed by atoms with E-state index in [2.05, 4.69) is 5.32 Å². The number of aryl methyl sites for hydroxylation is 1. The van der Waals surface area contributed by atoms with E-state index in [1.165, 1.54) is 0 Å². The van der Waals surface area contributed by atoms with Crippen molar-refractivity contribution in [3.05, 3.63) is 59.7 Å². The smallest absolute Gasteiger partial charge is 0.378 e. The second kappa shape index (κ2) is 8.06. The summed E-state index contributed by atoms with van der Waals surface area (Å²) in [7, 11) is 3.76. The van der Waals surface area contributed by atoms with Gasteiger partial charge in [0.2, 0.25) is 5.91 Å². The number of carbonyl (C=O) groups excluding carboxylic acids is 1. The third kappa shape index (κ3) is 4.40. The lowest BCUT2D eigenvalue weighted by Gasteiger charge is -2.31. The highest BCUT2D eigenvalue weighted by Crippen LogP contribution is 2.46. The summed E-state index contributed by atoms with van der Waals surface area (Å²) in [5, 5.41) is 2.55. The van der Waals surface area contributed by atoms with Gasteiger partial charge in [0.1, 0.15) is 0 Å². The van der Waals surface area contributed by atoms with E-state index in [1.54, 1.807) is 24.0 Å². The Kier molecular flexibility index (Phi) is 5.89. The van der Waals surface area contributed by atoms with E-state index in [0.29, 0.717) is 12.2 Å². The molecule has 29 heavy (non-hydrogen) atoms. The number of amides is 1. The van der Waals surface area contributed by atoms with Gasteiger partial charge in [-0.25, -0.2) is 0 Å². The summed E-state index contributed by atoms with van der Waals surface area (Å²) in [5.41, 5.74) is 0.572. The lowest BCUT2D eigenvalue weighted by molar-refractivity contribution is -0.215. The maximum absolute atomic E-state index is 14.1. The molecule has 1 aliphatic rings. The predicted octanol–water partition coefficient (Wildman–Crippen LogP) is 4.45. The molecule has 0 aliphatic carbocycles. The van der Waals surface area contributed by atoms with Gasteiger partial charge in [0.15, 0.2) is 5.41 Å². The van der Waals surface area contributed by atoms with Crippen LogP contribution in [0.25, 0.3) is 0 Å². The lowest BCUT2D eigenvalue weighted by Crippen LogP contribution is -2.50. The van der Waals surface area contributed by atoms with E-state index in [1.807, 2.05) is 55.4 Å². The molecule has 2 aromatic rings. The van der Waals surface area contributed by atoms with Crippen LogP contribution in [-0.4, -0.2) is 44.2 Å². The molecule has 1 fully saturated rings. The fraction of sp³-hybridized carbons (Fsp3) is 0.409. The van der Waals surface area contributed by atoms with Crippen molar-refractivity contribution in [1.82, 2.24) is 4.90 Å². The zero-order valence-corrected chi connectivity index (χ0v) is 16.9. The summed E-state index contributed by atoms with van der Waals surface area (Å²) < 4.78 is 42.2. The van der Waals surface area contributed by atoms with Crippen LogP contribution in [0.2, 0.25) is 0 Å². The van der Waals surface area contributed by atoms with E-state index in [9.17, 15) is 18.0 Å². The Morgan fingerprint density at radius 3 is 2.45 bits per heavy atom. The molecule has 0 aromatic heterocycles. The van der Waals surface area contributed by atoms with Crippen LogP contribution in [0.15, 0.2) is 48.5 Å². The largest absolute Gasteiger partial charge is 0.404 e. The first-order chi connectivity index (χ1) is 13.6. The van der Waals surface area contributed by atoms with Crippen molar-refractivity contribution in [3.63, 3.8) is 0 Å². The summed E-state index contributed by atoms with van der Waals surface area (Å²) in [6.07, 6.45) is -4.87. The number of nitrogens with zero attached hydrogens (tertiary/aromatic N) is 2. The number of hydrogen-bond acceptors (Lipinski definition) is 3. The van der Waals surface area contributed by atoms with Gasteiger partial charge in [0.25, 0.3) is 0 Å². The number of likely N-dealkylation sites (tertiary alicyclic amines) is 1. The molecule has 0 bridgehead atoms. The van der Waals surface area contributed by atoms with Crippen LogP contribution in [0.1, 0.15) is 17.5 Å². The maximum atomic E-state index is 14.1. The van der Waals surface area contributed by atoms with Crippen molar-refractivity contribution in [3.8, 4) is 0 Å². The van der Waals surface area contributed by atoms with E-state index in [-0.39, 0.29) is 19.5 Å². The van der Waals surface area contributed by atoms with Crippen LogP contribution in [0, 0.1) is 12.3 Å². The minimum atomic E-state index is -4.62. The first-order valence-corrected chi connectivity index (χ1v) is 9.55. The molecule has 156 valence electrons. The summed E-state index contributed by atoms with van der Waals surface area (Å²) in [6.45, 7) is 2.05. The van der Waals surface area contributed by atoms with Crippen molar-refractivity contribution < 1.29 is 18.0 Å². The highest BCUT2D eigenvalue weighted by Gasteiger charge is 2.63. The highest BCUT2D eigenvalue weighted by molar-refractivity contribution is 5.97. The number of carbonyl (C=O) groups is 1. The zero-order valence-electron chi connectivity index (χ0n) is 16.9.